The van der Waals surface area contributed by atoms with Gasteiger partial charge in [-0.05, 0) is 13.3 Å². The maximum atomic E-state index is 12.4. The molecule has 0 aliphatic rings. The molecule has 0 aromatic heterocycles. The van der Waals surface area contributed by atoms with Crippen LogP contribution in [0.5, 0.6) is 0 Å². The Kier molecular flexibility index (Phi) is 11.3. The summed E-state index contributed by atoms with van der Waals surface area (Å²) >= 11 is 3.81. The molecule has 0 rings (SSSR count). The molecular formula is C15H26N6O7S. The number of nitrogens with one attached hydrogen (secondary N) is 3. The van der Waals surface area contributed by atoms with Crippen LogP contribution in [0.1, 0.15) is 26.2 Å². The lowest BCUT2D eigenvalue weighted by molar-refractivity contribution is -0.141. The summed E-state index contributed by atoms with van der Waals surface area (Å²) in [5.74, 6) is -5.54. The number of amides is 5. The van der Waals surface area contributed by atoms with Crippen LogP contribution in [0.15, 0.2) is 0 Å². The molecule has 0 saturated carbocycles. The third-order valence-corrected chi connectivity index (χ3v) is 3.98. The fraction of sp³-hybridized carbons (Fsp3) is 0.600. The van der Waals surface area contributed by atoms with E-state index in [0.717, 1.165) is 0 Å². The number of carboxylic acids is 1. The highest BCUT2D eigenvalue weighted by Gasteiger charge is 2.28. The molecule has 0 fully saturated rings. The molecule has 0 spiro atoms. The first kappa shape index (κ1) is 26.1. The van der Waals surface area contributed by atoms with Crippen molar-refractivity contribution in [3.63, 3.8) is 0 Å². The van der Waals surface area contributed by atoms with Gasteiger partial charge in [-0.15, -0.1) is 0 Å². The van der Waals surface area contributed by atoms with E-state index in [1.54, 1.807) is 0 Å². The van der Waals surface area contributed by atoms with Gasteiger partial charge in [-0.25, -0.2) is 4.79 Å². The van der Waals surface area contributed by atoms with E-state index in [1.807, 2.05) is 0 Å². The molecule has 29 heavy (non-hydrogen) atoms. The van der Waals surface area contributed by atoms with E-state index in [1.165, 1.54) is 6.92 Å². The average Bonchev–Trinajstić information content (AvgIpc) is 2.61. The molecule has 10 N–H and O–H groups in total. The van der Waals surface area contributed by atoms with Gasteiger partial charge in [0.05, 0.1) is 12.5 Å². The van der Waals surface area contributed by atoms with Crippen LogP contribution in [-0.2, 0) is 28.8 Å². The van der Waals surface area contributed by atoms with Crippen LogP contribution in [0.25, 0.3) is 0 Å². The van der Waals surface area contributed by atoms with Crippen LogP contribution in [0, 0.1) is 0 Å². The monoisotopic (exact) mass is 434 g/mol. The van der Waals surface area contributed by atoms with E-state index in [9.17, 15) is 28.8 Å². The molecule has 14 heteroatoms. The topological polar surface area (TPSA) is 237 Å². The van der Waals surface area contributed by atoms with Crippen molar-refractivity contribution < 1.29 is 33.9 Å². The Morgan fingerprint density at radius 2 is 1.45 bits per heavy atom. The van der Waals surface area contributed by atoms with Gasteiger partial charge < -0.3 is 38.3 Å². The van der Waals surface area contributed by atoms with Crippen molar-refractivity contribution >= 4 is 48.1 Å². The van der Waals surface area contributed by atoms with E-state index in [4.69, 9.17) is 22.3 Å². The summed E-state index contributed by atoms with van der Waals surface area (Å²) in [5.41, 5.74) is 15.5. The molecule has 0 aliphatic heterocycles. The van der Waals surface area contributed by atoms with E-state index < -0.39 is 66.1 Å². The number of hydrogen-bond acceptors (Lipinski definition) is 8. The van der Waals surface area contributed by atoms with Gasteiger partial charge in [0.15, 0.2) is 0 Å². The molecule has 0 saturated heterocycles. The summed E-state index contributed by atoms with van der Waals surface area (Å²) < 4.78 is 0. The summed E-state index contributed by atoms with van der Waals surface area (Å²) in [5, 5.41) is 15.7. The molecule has 0 aromatic rings. The molecular weight excluding hydrogens is 408 g/mol. The Hall–Kier alpha value is -2.87. The summed E-state index contributed by atoms with van der Waals surface area (Å²) in [7, 11) is 0. The largest absolute Gasteiger partial charge is 0.480 e. The lowest BCUT2D eigenvalue weighted by Crippen LogP contribution is -2.56. The number of thiol groups is 1. The Balaban J connectivity index is 5.08. The van der Waals surface area contributed by atoms with Crippen LogP contribution >= 0.6 is 12.6 Å². The van der Waals surface area contributed by atoms with Gasteiger partial charge in [-0.1, -0.05) is 0 Å². The van der Waals surface area contributed by atoms with Crippen molar-refractivity contribution in [3.8, 4) is 0 Å². The SMILES string of the molecule is CC(NC(=O)C(CCC(N)=O)NC(=O)C(N)CC(N)=O)C(=O)NC(CS)C(=O)O. The summed E-state index contributed by atoms with van der Waals surface area (Å²) in [4.78, 5) is 69.3. The predicted octanol–water partition coefficient (Wildman–Crippen LogP) is -4.06. The third-order valence-electron chi connectivity index (χ3n) is 3.62. The van der Waals surface area contributed by atoms with Crippen molar-refractivity contribution in [1.29, 1.82) is 0 Å². The lowest BCUT2D eigenvalue weighted by Gasteiger charge is -2.23. The minimum Gasteiger partial charge on any atom is -0.480 e. The molecule has 164 valence electrons. The number of carboxylic acid groups (broad SMARTS) is 1. The molecule has 5 amide bonds. The van der Waals surface area contributed by atoms with E-state index in [2.05, 4.69) is 28.6 Å². The third kappa shape index (κ3) is 10.3. The van der Waals surface area contributed by atoms with Crippen molar-refractivity contribution in [3.05, 3.63) is 0 Å². The highest BCUT2D eigenvalue weighted by molar-refractivity contribution is 7.80. The maximum Gasteiger partial charge on any atom is 0.327 e. The standard InChI is InChI=1S/C15H26N6O7S/c1-6(12(24)21-9(5-29)15(27)28)19-14(26)8(2-3-10(17)22)20-13(25)7(16)4-11(18)23/h6-9,29H,2-5,16H2,1H3,(H2,17,22)(H2,18,23)(H,19,26)(H,20,25)(H,21,24)(H,27,28). The zero-order valence-electron chi connectivity index (χ0n) is 15.7. The Bertz CT molecular complexity index is 659. The van der Waals surface area contributed by atoms with Crippen LogP contribution < -0.4 is 33.2 Å². The fourth-order valence-corrected chi connectivity index (χ4v) is 2.25. The summed E-state index contributed by atoms with van der Waals surface area (Å²) in [6.07, 6.45) is -0.918. The highest BCUT2D eigenvalue weighted by atomic mass is 32.1. The van der Waals surface area contributed by atoms with Crippen LogP contribution in [0.2, 0.25) is 0 Å². The van der Waals surface area contributed by atoms with Crippen LogP contribution in [0.4, 0.5) is 0 Å². The molecule has 4 atom stereocenters. The highest BCUT2D eigenvalue weighted by Crippen LogP contribution is 2.01. The number of hydrogen-bond donors (Lipinski definition) is 8. The molecule has 0 radical (unpaired) electrons. The van der Waals surface area contributed by atoms with E-state index in [-0.39, 0.29) is 18.6 Å². The van der Waals surface area contributed by atoms with Crippen LogP contribution in [0.3, 0.4) is 0 Å². The van der Waals surface area contributed by atoms with Gasteiger partial charge in [-0.3, -0.25) is 24.0 Å². The van der Waals surface area contributed by atoms with Crippen molar-refractivity contribution in [1.82, 2.24) is 16.0 Å². The van der Waals surface area contributed by atoms with Crippen molar-refractivity contribution in [2.75, 3.05) is 5.75 Å². The van der Waals surface area contributed by atoms with Gasteiger partial charge in [0.2, 0.25) is 29.5 Å². The van der Waals surface area contributed by atoms with E-state index >= 15 is 0 Å². The minimum absolute atomic E-state index is 0.170. The van der Waals surface area contributed by atoms with E-state index in [0.29, 0.717) is 0 Å². The predicted molar refractivity (Wildman–Crippen MR) is 103 cm³/mol. The second-order valence-corrected chi connectivity index (χ2v) is 6.52. The van der Waals surface area contributed by atoms with Gasteiger partial charge in [-0.2, -0.15) is 12.6 Å². The molecule has 13 nitrogen and oxygen atoms in total. The summed E-state index contributed by atoms with van der Waals surface area (Å²) in [6, 6.07) is -5.04. The molecule has 0 heterocycles. The maximum absolute atomic E-state index is 12.4. The fourth-order valence-electron chi connectivity index (χ4n) is 2.01. The van der Waals surface area contributed by atoms with Gasteiger partial charge in [0.25, 0.3) is 0 Å². The molecule has 0 aromatic carbocycles. The first-order chi connectivity index (χ1) is 13.4. The van der Waals surface area contributed by atoms with Gasteiger partial charge in [0, 0.05) is 12.2 Å². The molecule has 0 aliphatic carbocycles. The van der Waals surface area contributed by atoms with Crippen molar-refractivity contribution in [2.45, 2.75) is 50.4 Å². The smallest absolute Gasteiger partial charge is 0.327 e. The number of primary amides is 2. The second kappa shape index (κ2) is 12.6. The van der Waals surface area contributed by atoms with Crippen molar-refractivity contribution in [2.24, 2.45) is 17.2 Å². The number of carbonyl (C=O) groups is 6. The molecule has 4 unspecified atom stereocenters. The zero-order chi connectivity index (χ0) is 22.7. The van der Waals surface area contributed by atoms with Gasteiger partial charge >= 0.3 is 5.97 Å². The average molecular weight is 434 g/mol. The molecule has 0 bridgehead atoms. The first-order valence-electron chi connectivity index (χ1n) is 8.46. The number of aliphatic carboxylic acids is 1. The van der Waals surface area contributed by atoms with Gasteiger partial charge in [0.1, 0.15) is 18.1 Å². The summed E-state index contributed by atoms with van der Waals surface area (Å²) in [6.45, 7) is 1.29. The minimum atomic E-state index is -1.32. The zero-order valence-corrected chi connectivity index (χ0v) is 16.6. The number of carbonyl (C=O) groups excluding carboxylic acids is 5. The van der Waals surface area contributed by atoms with Crippen LogP contribution in [-0.4, -0.2) is 70.5 Å². The lowest BCUT2D eigenvalue weighted by atomic mass is 10.1. The number of rotatable bonds is 13. The number of nitrogens with two attached hydrogens (primary N) is 3. The Morgan fingerprint density at radius 1 is 0.897 bits per heavy atom. The Labute approximate surface area is 171 Å². The normalized spacial score (nSPS) is 14.6. The first-order valence-corrected chi connectivity index (χ1v) is 9.09. The second-order valence-electron chi connectivity index (χ2n) is 6.16. The quantitative estimate of drug-likeness (QED) is 0.132. The Morgan fingerprint density at radius 3 is 1.90 bits per heavy atom.